The van der Waals surface area contributed by atoms with Crippen LogP contribution in [0.2, 0.25) is 0 Å². The van der Waals surface area contributed by atoms with Crippen molar-refractivity contribution in [3.05, 3.63) is 48.2 Å². The summed E-state index contributed by atoms with van der Waals surface area (Å²) < 4.78 is 88.7. The number of benzene rings is 1. The monoisotopic (exact) mass is 547 g/mol. The molecule has 2 heterocycles. The zero-order chi connectivity index (χ0) is 27.1. The molecule has 2 fully saturated rings. The van der Waals surface area contributed by atoms with Crippen molar-refractivity contribution < 1.29 is 40.4 Å². The van der Waals surface area contributed by atoms with Crippen molar-refractivity contribution in [3.8, 4) is 11.3 Å². The van der Waals surface area contributed by atoms with E-state index in [1.807, 2.05) is 0 Å². The van der Waals surface area contributed by atoms with Gasteiger partial charge in [-0.2, -0.15) is 22.0 Å². The van der Waals surface area contributed by atoms with Gasteiger partial charge in [-0.05, 0) is 55.9 Å². The Kier molecular flexibility index (Phi) is 7.34. The summed E-state index contributed by atoms with van der Waals surface area (Å²) in [6.45, 7) is 0.834. The van der Waals surface area contributed by atoms with E-state index >= 15 is 0 Å². The normalized spacial score (nSPS) is 19.0. The first-order valence-corrected chi connectivity index (χ1v) is 13.2. The molecule has 7 nitrogen and oxygen atoms in total. The summed E-state index contributed by atoms with van der Waals surface area (Å²) in [4.78, 5) is 18.8. The minimum absolute atomic E-state index is 0.0381. The molecule has 1 saturated carbocycles. The van der Waals surface area contributed by atoms with Gasteiger partial charge in [0.25, 0.3) is 5.91 Å². The summed E-state index contributed by atoms with van der Waals surface area (Å²) in [5.41, 5.74) is 2.56. The van der Waals surface area contributed by atoms with Gasteiger partial charge in [0.15, 0.2) is 14.6 Å². The van der Waals surface area contributed by atoms with Crippen molar-refractivity contribution in [2.45, 2.75) is 66.3 Å². The molecule has 0 atom stereocenters. The number of nitrogens with zero attached hydrogens (tertiary/aromatic N) is 2. The van der Waals surface area contributed by atoms with E-state index in [1.54, 1.807) is 0 Å². The minimum atomic E-state index is -5.62. The van der Waals surface area contributed by atoms with Crippen molar-refractivity contribution >= 4 is 15.7 Å². The number of aromatic nitrogens is 1. The van der Waals surface area contributed by atoms with Crippen LogP contribution in [-0.4, -0.2) is 65.4 Å². The van der Waals surface area contributed by atoms with Crippen LogP contribution < -0.4 is 5.48 Å². The summed E-state index contributed by atoms with van der Waals surface area (Å²) in [5.74, 6) is -5.77. The van der Waals surface area contributed by atoms with Crippen LogP contribution in [0.15, 0.2) is 47.5 Å². The highest BCUT2D eigenvalue weighted by atomic mass is 32.2. The third kappa shape index (κ3) is 5.34. The summed E-state index contributed by atoms with van der Waals surface area (Å²) in [6, 6.07) is 8.82. The third-order valence-corrected chi connectivity index (χ3v) is 9.64. The highest BCUT2D eigenvalue weighted by molar-refractivity contribution is 7.93. The van der Waals surface area contributed by atoms with E-state index in [0.29, 0.717) is 30.4 Å². The number of carbonyl (C=O) groups is 1. The van der Waals surface area contributed by atoms with Gasteiger partial charge in [-0.25, -0.2) is 13.9 Å². The largest absolute Gasteiger partial charge is 0.453 e. The van der Waals surface area contributed by atoms with Crippen molar-refractivity contribution in [2.24, 2.45) is 0 Å². The van der Waals surface area contributed by atoms with Crippen molar-refractivity contribution in [2.75, 3.05) is 13.1 Å². The molecule has 13 heteroatoms. The smallest absolute Gasteiger partial charge is 0.300 e. The Bertz CT molecular complexity index is 1220. The maximum Gasteiger partial charge on any atom is 0.453 e. The molecule has 2 aliphatic rings. The number of hydrogen-bond acceptors (Lipinski definition) is 6. The summed E-state index contributed by atoms with van der Waals surface area (Å²) in [7, 11) is -4.18. The first-order chi connectivity index (χ1) is 17.3. The van der Waals surface area contributed by atoms with Crippen molar-refractivity contribution in [1.82, 2.24) is 15.4 Å². The van der Waals surface area contributed by atoms with Gasteiger partial charge in [0, 0.05) is 37.3 Å². The molecule has 202 valence electrons. The predicted octanol–water partition coefficient (Wildman–Crippen LogP) is 4.15. The van der Waals surface area contributed by atoms with Crippen LogP contribution in [0.4, 0.5) is 22.0 Å². The molecule has 1 aromatic heterocycles. The van der Waals surface area contributed by atoms with E-state index in [0.717, 1.165) is 12.8 Å². The van der Waals surface area contributed by atoms with Crippen LogP contribution in [0, 0.1) is 0 Å². The van der Waals surface area contributed by atoms with Crippen molar-refractivity contribution in [3.63, 3.8) is 0 Å². The van der Waals surface area contributed by atoms with Gasteiger partial charge in [0.05, 0.1) is 10.6 Å². The van der Waals surface area contributed by atoms with Crippen LogP contribution in [0.5, 0.6) is 0 Å². The number of aryl methyl sites for hydroxylation is 1. The second-order valence-electron chi connectivity index (χ2n) is 9.48. The van der Waals surface area contributed by atoms with Crippen molar-refractivity contribution in [1.29, 1.82) is 0 Å². The number of sulfone groups is 1. The topological polar surface area (TPSA) is 99.6 Å². The van der Waals surface area contributed by atoms with E-state index in [1.165, 1.54) is 48.1 Å². The molecule has 4 rings (SSSR count). The molecule has 1 aliphatic carbocycles. The molecular weight excluding hydrogens is 521 g/mol. The molecule has 1 aromatic carbocycles. The Labute approximate surface area is 210 Å². The van der Waals surface area contributed by atoms with E-state index < -0.39 is 45.4 Å². The van der Waals surface area contributed by atoms with Gasteiger partial charge in [-0.1, -0.05) is 18.2 Å². The number of hydroxylamine groups is 1. The molecule has 0 bridgehead atoms. The zero-order valence-electron chi connectivity index (χ0n) is 19.6. The Morgan fingerprint density at radius 2 is 1.68 bits per heavy atom. The molecule has 37 heavy (non-hydrogen) atoms. The number of alkyl halides is 5. The van der Waals surface area contributed by atoms with Crippen LogP contribution in [0.25, 0.3) is 11.3 Å². The lowest BCUT2D eigenvalue weighted by Crippen LogP contribution is -2.58. The van der Waals surface area contributed by atoms with E-state index in [9.17, 15) is 40.4 Å². The highest BCUT2D eigenvalue weighted by Gasteiger charge is 2.56. The lowest BCUT2D eigenvalue weighted by molar-refractivity contribution is -0.284. The van der Waals surface area contributed by atoms with Crippen LogP contribution in [-0.2, 0) is 21.1 Å². The van der Waals surface area contributed by atoms with E-state index in [4.69, 9.17) is 0 Å². The molecule has 2 aromatic rings. The third-order valence-electron chi connectivity index (χ3n) is 7.13. The molecule has 1 aliphatic heterocycles. The van der Waals surface area contributed by atoms with Gasteiger partial charge in [0.2, 0.25) is 0 Å². The lowest BCUT2D eigenvalue weighted by atomic mass is 9.94. The number of pyridine rings is 1. The van der Waals surface area contributed by atoms with E-state index in [2.05, 4.69) is 9.88 Å². The van der Waals surface area contributed by atoms with Crippen LogP contribution in [0.3, 0.4) is 0 Å². The number of piperidine rings is 1. The number of hydrogen-bond donors (Lipinski definition) is 2. The van der Waals surface area contributed by atoms with Gasteiger partial charge in [-0.15, -0.1) is 0 Å². The molecule has 1 amide bonds. The number of likely N-dealkylation sites (tertiary alicyclic amines) is 1. The fourth-order valence-electron chi connectivity index (χ4n) is 4.63. The number of rotatable bonds is 8. The fourth-order valence-corrected chi connectivity index (χ4v) is 6.58. The van der Waals surface area contributed by atoms with Crippen LogP contribution in [0.1, 0.15) is 37.7 Å². The first kappa shape index (κ1) is 27.4. The molecule has 0 spiro atoms. The SMILES string of the molecule is O=C(NO)C1(S(=O)(=O)c2ccc(-c3ccc(CCC(F)(F)C(F)(F)F)cn3)cc2)CCN(C2CC2)CC1. The standard InChI is InChI=1S/C24H26F5N3O4S/c25-23(26,24(27,28)29)10-9-16-1-8-20(30-15-16)17-2-6-19(7-3-17)37(35,36)22(21(33)31-34)11-13-32(14-12-22)18-4-5-18/h1-3,6-8,15,18,34H,4-5,9-14H2,(H,31,33). The first-order valence-electron chi connectivity index (χ1n) is 11.7. The van der Waals surface area contributed by atoms with Gasteiger partial charge in [-0.3, -0.25) is 15.0 Å². The fraction of sp³-hybridized carbons (Fsp3) is 0.500. The molecular formula is C24H26F5N3O4S. The minimum Gasteiger partial charge on any atom is -0.300 e. The molecule has 0 unspecified atom stereocenters. The quantitative estimate of drug-likeness (QED) is 0.293. The Morgan fingerprint density at radius 1 is 1.05 bits per heavy atom. The number of halogens is 5. The number of nitrogens with one attached hydrogen (secondary N) is 1. The van der Waals surface area contributed by atoms with Gasteiger partial charge in [0.1, 0.15) is 0 Å². The Morgan fingerprint density at radius 3 is 2.16 bits per heavy atom. The van der Waals surface area contributed by atoms with Crippen LogP contribution >= 0.6 is 0 Å². The average molecular weight is 548 g/mol. The molecule has 0 radical (unpaired) electrons. The van der Waals surface area contributed by atoms with Gasteiger partial charge >= 0.3 is 12.1 Å². The zero-order valence-corrected chi connectivity index (χ0v) is 20.5. The summed E-state index contributed by atoms with van der Waals surface area (Å²) in [6.07, 6.45) is -4.18. The maximum absolute atomic E-state index is 13.6. The maximum atomic E-state index is 13.6. The predicted molar refractivity (Wildman–Crippen MR) is 123 cm³/mol. The Hall–Kier alpha value is -2.64. The second-order valence-corrected chi connectivity index (χ2v) is 11.7. The van der Waals surface area contributed by atoms with Gasteiger partial charge < -0.3 is 4.90 Å². The molecule has 1 saturated heterocycles. The highest BCUT2D eigenvalue weighted by Crippen LogP contribution is 2.40. The Balaban J connectivity index is 1.49. The number of amides is 1. The van der Waals surface area contributed by atoms with E-state index in [-0.39, 0.29) is 23.3 Å². The molecule has 2 N–H and O–H groups in total. The number of carbonyl (C=O) groups excluding carboxylic acids is 1. The second kappa shape index (κ2) is 9.91. The summed E-state index contributed by atoms with van der Waals surface area (Å²) in [5, 5.41) is 9.30. The summed E-state index contributed by atoms with van der Waals surface area (Å²) >= 11 is 0. The average Bonchev–Trinajstić information content (AvgIpc) is 3.72. The lowest BCUT2D eigenvalue weighted by Gasteiger charge is -2.39.